The lowest BCUT2D eigenvalue weighted by Crippen LogP contribution is -2.43. The summed E-state index contributed by atoms with van der Waals surface area (Å²) in [7, 11) is 1.46. The van der Waals surface area contributed by atoms with Crippen molar-refractivity contribution in [2.75, 3.05) is 26.7 Å². The van der Waals surface area contributed by atoms with Crippen LogP contribution in [0, 0.1) is 11.7 Å². The standard InChI is InChI=1S/C16H20FNO3/c1-3-11-9-18(7-6-14(11)19)10-15(20)13-8-12(17)4-5-16(13)21-2/h4-5,8,11H,3,6-7,9-10H2,1-2H3. The number of likely N-dealkylation sites (tertiary alicyclic amines) is 1. The Kier molecular flexibility index (Phi) is 5.07. The van der Waals surface area contributed by atoms with Crippen molar-refractivity contribution < 1.29 is 18.7 Å². The molecule has 1 aliphatic heterocycles. The average Bonchev–Trinajstić information content (AvgIpc) is 2.49. The van der Waals surface area contributed by atoms with E-state index in [2.05, 4.69) is 0 Å². The highest BCUT2D eigenvalue weighted by Crippen LogP contribution is 2.22. The fourth-order valence-electron chi connectivity index (χ4n) is 2.66. The van der Waals surface area contributed by atoms with Gasteiger partial charge in [0.05, 0.1) is 19.2 Å². The van der Waals surface area contributed by atoms with Crippen molar-refractivity contribution >= 4 is 11.6 Å². The van der Waals surface area contributed by atoms with E-state index in [0.717, 1.165) is 6.42 Å². The Morgan fingerprint density at radius 3 is 2.90 bits per heavy atom. The molecule has 1 atom stereocenters. The van der Waals surface area contributed by atoms with Crippen LogP contribution in [0.5, 0.6) is 5.75 Å². The van der Waals surface area contributed by atoms with Gasteiger partial charge in [0.1, 0.15) is 17.3 Å². The van der Waals surface area contributed by atoms with E-state index in [0.29, 0.717) is 25.3 Å². The van der Waals surface area contributed by atoms with E-state index in [9.17, 15) is 14.0 Å². The Morgan fingerprint density at radius 2 is 2.24 bits per heavy atom. The maximum atomic E-state index is 13.3. The molecule has 1 unspecified atom stereocenters. The number of nitrogens with zero attached hydrogens (tertiary/aromatic N) is 1. The van der Waals surface area contributed by atoms with Crippen molar-refractivity contribution in [2.45, 2.75) is 19.8 Å². The molecule has 1 aliphatic rings. The molecular formula is C16H20FNO3. The fourth-order valence-corrected chi connectivity index (χ4v) is 2.66. The molecule has 0 amide bonds. The largest absolute Gasteiger partial charge is 0.496 e. The van der Waals surface area contributed by atoms with Gasteiger partial charge in [0.2, 0.25) is 0 Å². The number of carbonyl (C=O) groups is 2. The molecule has 0 bridgehead atoms. The van der Waals surface area contributed by atoms with E-state index >= 15 is 0 Å². The lowest BCUT2D eigenvalue weighted by molar-refractivity contribution is -0.126. The van der Waals surface area contributed by atoms with E-state index < -0.39 is 5.82 Å². The zero-order chi connectivity index (χ0) is 15.4. The summed E-state index contributed by atoms with van der Waals surface area (Å²) in [4.78, 5) is 26.0. The van der Waals surface area contributed by atoms with E-state index in [1.807, 2.05) is 11.8 Å². The molecule has 21 heavy (non-hydrogen) atoms. The van der Waals surface area contributed by atoms with Crippen LogP contribution in [0.1, 0.15) is 30.1 Å². The predicted molar refractivity (Wildman–Crippen MR) is 77.1 cm³/mol. The van der Waals surface area contributed by atoms with Crippen molar-refractivity contribution in [3.8, 4) is 5.75 Å². The number of carbonyl (C=O) groups excluding carboxylic acids is 2. The normalized spacial score (nSPS) is 19.6. The highest BCUT2D eigenvalue weighted by atomic mass is 19.1. The average molecular weight is 293 g/mol. The van der Waals surface area contributed by atoms with Gasteiger partial charge in [-0.15, -0.1) is 0 Å². The molecule has 114 valence electrons. The van der Waals surface area contributed by atoms with Crippen LogP contribution in [0.4, 0.5) is 4.39 Å². The van der Waals surface area contributed by atoms with Gasteiger partial charge >= 0.3 is 0 Å². The molecule has 0 saturated carbocycles. The molecule has 1 fully saturated rings. The van der Waals surface area contributed by atoms with Gasteiger partial charge in [0.15, 0.2) is 5.78 Å². The molecule has 4 nitrogen and oxygen atoms in total. The van der Waals surface area contributed by atoms with Crippen LogP contribution < -0.4 is 4.74 Å². The summed E-state index contributed by atoms with van der Waals surface area (Å²) in [5.74, 6) is 0.00183. The van der Waals surface area contributed by atoms with Crippen LogP contribution in [-0.4, -0.2) is 43.2 Å². The summed E-state index contributed by atoms with van der Waals surface area (Å²) in [6.45, 7) is 3.34. The topological polar surface area (TPSA) is 46.6 Å². The molecule has 0 aromatic heterocycles. The quantitative estimate of drug-likeness (QED) is 0.782. The monoisotopic (exact) mass is 293 g/mol. The number of hydrogen-bond donors (Lipinski definition) is 0. The van der Waals surface area contributed by atoms with Crippen molar-refractivity contribution in [3.63, 3.8) is 0 Å². The minimum Gasteiger partial charge on any atom is -0.496 e. The van der Waals surface area contributed by atoms with Crippen LogP contribution in [-0.2, 0) is 4.79 Å². The second-order valence-electron chi connectivity index (χ2n) is 5.32. The van der Waals surface area contributed by atoms with E-state index in [1.165, 1.54) is 25.3 Å². The van der Waals surface area contributed by atoms with Crippen molar-refractivity contribution in [2.24, 2.45) is 5.92 Å². The summed E-state index contributed by atoms with van der Waals surface area (Å²) in [6, 6.07) is 3.92. The van der Waals surface area contributed by atoms with Crippen molar-refractivity contribution in [3.05, 3.63) is 29.6 Å². The molecule has 1 aromatic rings. The van der Waals surface area contributed by atoms with Gasteiger partial charge in [-0.25, -0.2) is 4.39 Å². The minimum atomic E-state index is -0.459. The molecule has 1 aromatic carbocycles. The van der Waals surface area contributed by atoms with Crippen LogP contribution in [0.15, 0.2) is 18.2 Å². The number of ether oxygens (including phenoxy) is 1. The number of halogens is 1. The molecule has 0 spiro atoms. The lowest BCUT2D eigenvalue weighted by Gasteiger charge is -2.30. The summed E-state index contributed by atoms with van der Waals surface area (Å²) < 4.78 is 18.4. The lowest BCUT2D eigenvalue weighted by atomic mass is 9.94. The first-order chi connectivity index (χ1) is 10.0. The zero-order valence-electron chi connectivity index (χ0n) is 12.4. The molecule has 1 heterocycles. The first kappa shape index (κ1) is 15.6. The van der Waals surface area contributed by atoms with E-state index in [-0.39, 0.29) is 29.6 Å². The maximum Gasteiger partial charge on any atom is 0.180 e. The van der Waals surface area contributed by atoms with Gasteiger partial charge in [0, 0.05) is 25.4 Å². The summed E-state index contributed by atoms with van der Waals surface area (Å²) in [6.07, 6.45) is 1.26. The first-order valence-electron chi connectivity index (χ1n) is 7.17. The number of ketones is 2. The van der Waals surface area contributed by atoms with Crippen molar-refractivity contribution in [1.29, 1.82) is 0 Å². The third-order valence-corrected chi connectivity index (χ3v) is 3.93. The number of hydrogen-bond acceptors (Lipinski definition) is 4. The van der Waals surface area contributed by atoms with Crippen LogP contribution in [0.3, 0.4) is 0 Å². The van der Waals surface area contributed by atoms with Crippen LogP contribution >= 0.6 is 0 Å². The second kappa shape index (κ2) is 6.80. The Labute approximate surface area is 123 Å². The fraction of sp³-hybridized carbons (Fsp3) is 0.500. The number of rotatable bonds is 5. The number of Topliss-reactive ketones (excluding diaryl/α,β-unsaturated/α-hetero) is 2. The van der Waals surface area contributed by atoms with Gasteiger partial charge in [-0.2, -0.15) is 0 Å². The summed E-state index contributed by atoms with van der Waals surface area (Å²) >= 11 is 0. The Bertz CT molecular complexity index is 544. The molecule has 0 N–H and O–H groups in total. The molecule has 1 saturated heterocycles. The molecule has 0 aliphatic carbocycles. The highest BCUT2D eigenvalue weighted by Gasteiger charge is 2.27. The van der Waals surface area contributed by atoms with Crippen LogP contribution in [0.25, 0.3) is 0 Å². The summed E-state index contributed by atoms with van der Waals surface area (Å²) in [5.41, 5.74) is 0.252. The van der Waals surface area contributed by atoms with Crippen molar-refractivity contribution in [1.82, 2.24) is 4.90 Å². The summed E-state index contributed by atoms with van der Waals surface area (Å²) in [5, 5.41) is 0. The molecule has 2 rings (SSSR count). The van der Waals surface area contributed by atoms with Gasteiger partial charge in [-0.3, -0.25) is 14.5 Å². The number of piperidine rings is 1. The zero-order valence-corrected chi connectivity index (χ0v) is 12.4. The minimum absolute atomic E-state index is 0.000884. The third-order valence-electron chi connectivity index (χ3n) is 3.93. The van der Waals surface area contributed by atoms with Gasteiger partial charge < -0.3 is 4.74 Å². The second-order valence-corrected chi connectivity index (χ2v) is 5.32. The number of benzene rings is 1. The smallest absolute Gasteiger partial charge is 0.180 e. The molecule has 5 heteroatoms. The van der Waals surface area contributed by atoms with E-state index in [1.54, 1.807) is 0 Å². The highest BCUT2D eigenvalue weighted by molar-refractivity contribution is 6.00. The Balaban J connectivity index is 2.08. The van der Waals surface area contributed by atoms with Crippen LogP contribution in [0.2, 0.25) is 0 Å². The Hall–Kier alpha value is -1.75. The number of methoxy groups -OCH3 is 1. The third kappa shape index (κ3) is 3.67. The maximum absolute atomic E-state index is 13.3. The van der Waals surface area contributed by atoms with E-state index in [4.69, 9.17) is 4.74 Å². The van der Waals surface area contributed by atoms with Gasteiger partial charge in [-0.1, -0.05) is 6.92 Å². The SMILES string of the molecule is CCC1CN(CC(=O)c2cc(F)ccc2OC)CCC1=O. The van der Waals surface area contributed by atoms with Gasteiger partial charge in [-0.05, 0) is 24.6 Å². The van der Waals surface area contributed by atoms with Gasteiger partial charge in [0.25, 0.3) is 0 Å². The predicted octanol–water partition coefficient (Wildman–Crippen LogP) is 2.32. The first-order valence-corrected chi connectivity index (χ1v) is 7.17. The molecular weight excluding hydrogens is 273 g/mol. The molecule has 0 radical (unpaired) electrons. The Morgan fingerprint density at radius 1 is 1.48 bits per heavy atom.